The minimum Gasteiger partial charge on any atom is -0.394 e. The molecule has 1 aliphatic heterocycles. The molecular formula is C14H16N5O3+. The van der Waals surface area contributed by atoms with Gasteiger partial charge in [0.05, 0.1) is 35.6 Å². The molecule has 114 valence electrons. The highest BCUT2D eigenvalue weighted by Gasteiger charge is 2.22. The summed E-state index contributed by atoms with van der Waals surface area (Å²) < 4.78 is 8.57. The first-order valence-corrected chi connectivity index (χ1v) is 6.90. The third-order valence-electron chi connectivity index (χ3n) is 3.31. The molecule has 22 heavy (non-hydrogen) atoms. The lowest BCUT2D eigenvalue weighted by molar-refractivity contribution is -0.563. The number of rotatable bonds is 6. The molecule has 0 radical (unpaired) electrons. The number of fused-ring (bicyclic) bond motifs is 1. The monoisotopic (exact) mass is 302 g/mol. The summed E-state index contributed by atoms with van der Waals surface area (Å²) in [5.41, 5.74) is 0.557. The number of aliphatic hydroxyl groups is 1. The molecule has 0 bridgehead atoms. The van der Waals surface area contributed by atoms with Crippen molar-refractivity contribution < 1.29 is 14.4 Å². The Balaban J connectivity index is 1.86. The standard InChI is InChI=1S/C14H16N5O3/c20-5-6-22-10-19-9-16-17-13(19)7-18-8-15-12-4-2-1-3-11(12)14(18)21/h1-4,8,20H,5-7,9-10H2/q+1. The molecule has 0 spiro atoms. The number of azo groups is 1. The molecule has 2 heterocycles. The summed E-state index contributed by atoms with van der Waals surface area (Å²) in [4.78, 5) is 16.7. The maximum absolute atomic E-state index is 12.4. The predicted molar refractivity (Wildman–Crippen MR) is 78.9 cm³/mol. The van der Waals surface area contributed by atoms with Gasteiger partial charge < -0.3 is 9.84 Å². The van der Waals surface area contributed by atoms with Crippen LogP contribution in [0.5, 0.6) is 0 Å². The Morgan fingerprint density at radius 2 is 2.23 bits per heavy atom. The molecule has 1 aromatic heterocycles. The number of hydrogen-bond acceptors (Lipinski definition) is 6. The van der Waals surface area contributed by atoms with Crippen LogP contribution in [-0.2, 0) is 11.3 Å². The summed E-state index contributed by atoms with van der Waals surface area (Å²) in [5.74, 6) is 0.636. The lowest BCUT2D eigenvalue weighted by Gasteiger charge is -2.05. The lowest BCUT2D eigenvalue weighted by Crippen LogP contribution is -2.28. The maximum atomic E-state index is 12.4. The second kappa shape index (κ2) is 6.54. The highest BCUT2D eigenvalue weighted by molar-refractivity contribution is 5.79. The zero-order valence-corrected chi connectivity index (χ0v) is 11.9. The minimum atomic E-state index is -0.114. The van der Waals surface area contributed by atoms with Crippen LogP contribution in [0.2, 0.25) is 0 Å². The second-order valence-electron chi connectivity index (χ2n) is 4.79. The van der Waals surface area contributed by atoms with Crippen LogP contribution in [0.1, 0.15) is 0 Å². The van der Waals surface area contributed by atoms with E-state index in [1.165, 1.54) is 10.9 Å². The van der Waals surface area contributed by atoms with Crippen molar-refractivity contribution >= 4 is 16.7 Å². The van der Waals surface area contributed by atoms with Gasteiger partial charge in [-0.2, -0.15) is 0 Å². The van der Waals surface area contributed by atoms with Crippen LogP contribution < -0.4 is 5.56 Å². The Bertz CT molecular complexity index is 796. The molecule has 0 aliphatic carbocycles. The summed E-state index contributed by atoms with van der Waals surface area (Å²) in [7, 11) is 0. The minimum absolute atomic E-state index is 0.0362. The molecule has 8 heteroatoms. The van der Waals surface area contributed by atoms with Crippen molar-refractivity contribution in [3.63, 3.8) is 0 Å². The van der Waals surface area contributed by atoms with Gasteiger partial charge in [0.15, 0.2) is 6.73 Å². The number of ether oxygens (including phenoxy) is 1. The highest BCUT2D eigenvalue weighted by Crippen LogP contribution is 2.05. The summed E-state index contributed by atoms with van der Waals surface area (Å²) in [6.45, 7) is 1.16. The molecule has 3 rings (SSSR count). The van der Waals surface area contributed by atoms with Crippen LogP contribution in [-0.4, -0.2) is 51.7 Å². The van der Waals surface area contributed by atoms with E-state index < -0.39 is 0 Å². The molecule has 0 fully saturated rings. The molecule has 0 amide bonds. The van der Waals surface area contributed by atoms with Gasteiger partial charge in [0.2, 0.25) is 6.67 Å². The molecule has 1 N–H and O–H groups in total. The smallest absolute Gasteiger partial charge is 0.345 e. The normalized spacial score (nSPS) is 14.2. The van der Waals surface area contributed by atoms with Crippen LogP contribution in [0.15, 0.2) is 45.6 Å². The van der Waals surface area contributed by atoms with Gasteiger partial charge in [-0.3, -0.25) is 9.36 Å². The Hall–Kier alpha value is -2.45. The first-order chi connectivity index (χ1) is 10.8. The van der Waals surface area contributed by atoms with E-state index in [2.05, 4.69) is 15.2 Å². The molecule has 0 atom stereocenters. The van der Waals surface area contributed by atoms with Crippen molar-refractivity contribution in [3.05, 3.63) is 40.9 Å². The van der Waals surface area contributed by atoms with E-state index in [9.17, 15) is 4.79 Å². The summed E-state index contributed by atoms with van der Waals surface area (Å²) in [6, 6.07) is 7.22. The van der Waals surface area contributed by atoms with Gasteiger partial charge in [-0.1, -0.05) is 12.1 Å². The van der Waals surface area contributed by atoms with E-state index >= 15 is 0 Å². The predicted octanol–water partition coefficient (Wildman–Crippen LogP) is 0.197. The molecule has 0 saturated carbocycles. The number of benzene rings is 1. The van der Waals surface area contributed by atoms with Gasteiger partial charge >= 0.3 is 5.84 Å². The fourth-order valence-corrected chi connectivity index (χ4v) is 2.19. The van der Waals surface area contributed by atoms with E-state index in [0.717, 1.165) is 0 Å². The Kier molecular flexibility index (Phi) is 4.31. The van der Waals surface area contributed by atoms with Crippen molar-refractivity contribution in [1.29, 1.82) is 0 Å². The number of nitrogens with zero attached hydrogens (tertiary/aromatic N) is 5. The van der Waals surface area contributed by atoms with Crippen molar-refractivity contribution in [3.8, 4) is 0 Å². The molecule has 8 nitrogen and oxygen atoms in total. The van der Waals surface area contributed by atoms with Crippen LogP contribution in [0, 0.1) is 0 Å². The molecule has 0 unspecified atom stereocenters. The molecule has 2 aromatic rings. The van der Waals surface area contributed by atoms with Crippen LogP contribution in [0.3, 0.4) is 0 Å². The van der Waals surface area contributed by atoms with Crippen molar-refractivity contribution in [2.45, 2.75) is 6.54 Å². The topological polar surface area (TPSA) is 92.1 Å². The third kappa shape index (κ3) is 2.92. The van der Waals surface area contributed by atoms with Crippen LogP contribution in [0.25, 0.3) is 10.9 Å². The highest BCUT2D eigenvalue weighted by atomic mass is 16.5. The first kappa shape index (κ1) is 14.5. The quantitative estimate of drug-likeness (QED) is 0.609. The Morgan fingerprint density at radius 3 is 3.09 bits per heavy atom. The van der Waals surface area contributed by atoms with E-state index in [4.69, 9.17) is 9.84 Å². The van der Waals surface area contributed by atoms with E-state index in [-0.39, 0.29) is 32.0 Å². The first-order valence-electron chi connectivity index (χ1n) is 6.90. The van der Waals surface area contributed by atoms with E-state index in [1.807, 2.05) is 12.1 Å². The van der Waals surface area contributed by atoms with Gasteiger partial charge in [-0.05, 0) is 17.2 Å². The van der Waals surface area contributed by atoms with Crippen LogP contribution >= 0.6 is 0 Å². The summed E-state index contributed by atoms with van der Waals surface area (Å²) >= 11 is 0. The number of aliphatic hydroxyl groups excluding tert-OH is 1. The molecule has 0 saturated heterocycles. The van der Waals surface area contributed by atoms with Gasteiger partial charge in [-0.25, -0.2) is 9.56 Å². The van der Waals surface area contributed by atoms with Crippen molar-refractivity contribution in [2.24, 2.45) is 10.2 Å². The Labute approximate surface area is 126 Å². The van der Waals surface area contributed by atoms with Gasteiger partial charge in [0.25, 0.3) is 5.56 Å². The number of aromatic nitrogens is 2. The Morgan fingerprint density at radius 1 is 1.36 bits per heavy atom. The van der Waals surface area contributed by atoms with Gasteiger partial charge in [0, 0.05) is 0 Å². The molecule has 1 aliphatic rings. The van der Waals surface area contributed by atoms with Gasteiger partial charge in [0.1, 0.15) is 6.54 Å². The van der Waals surface area contributed by atoms with E-state index in [1.54, 1.807) is 16.7 Å². The average Bonchev–Trinajstić information content (AvgIpc) is 2.98. The van der Waals surface area contributed by atoms with Gasteiger partial charge in [-0.15, -0.1) is 0 Å². The zero-order valence-electron chi connectivity index (χ0n) is 11.9. The fraction of sp³-hybridized carbons (Fsp3) is 0.357. The fourth-order valence-electron chi connectivity index (χ4n) is 2.19. The lowest BCUT2D eigenvalue weighted by atomic mass is 10.2. The summed E-state index contributed by atoms with van der Waals surface area (Å²) in [5, 5.41) is 17.3. The SMILES string of the molecule is O=c1c2ccccc2ncn1CC1=[N+](COCCO)CN=N1. The average molecular weight is 302 g/mol. The number of hydrogen-bond donors (Lipinski definition) is 1. The molecule has 1 aromatic carbocycles. The summed E-state index contributed by atoms with van der Waals surface area (Å²) in [6.07, 6.45) is 1.51. The zero-order chi connectivity index (χ0) is 15.4. The van der Waals surface area contributed by atoms with E-state index in [0.29, 0.717) is 23.4 Å². The van der Waals surface area contributed by atoms with Crippen LogP contribution in [0.4, 0.5) is 0 Å². The maximum Gasteiger partial charge on any atom is 0.345 e. The second-order valence-corrected chi connectivity index (χ2v) is 4.79. The van der Waals surface area contributed by atoms with Crippen molar-refractivity contribution in [1.82, 2.24) is 9.55 Å². The largest absolute Gasteiger partial charge is 0.394 e. The third-order valence-corrected chi connectivity index (χ3v) is 3.31. The van der Waals surface area contributed by atoms with Crippen molar-refractivity contribution in [2.75, 3.05) is 26.6 Å². The number of para-hydroxylation sites is 1. The number of amidine groups is 1. The molecular weight excluding hydrogens is 286 g/mol.